The number of halogens is 2. The molecule has 0 amide bonds. The fourth-order valence-electron chi connectivity index (χ4n) is 2.37. The number of rotatable bonds is 5. The minimum atomic E-state index is -4.42. The summed E-state index contributed by atoms with van der Waals surface area (Å²) in [6, 6.07) is 10.2. The number of sulfonamides is 1. The monoisotopic (exact) mass is 369 g/mol. The molecule has 8 heteroatoms. The summed E-state index contributed by atoms with van der Waals surface area (Å²) in [5, 5.41) is 12.8. The van der Waals surface area contributed by atoms with Crippen LogP contribution in [0.5, 0.6) is 0 Å². The number of hydrogen-bond donors (Lipinski definition) is 2. The van der Waals surface area contributed by atoms with Crippen molar-refractivity contribution in [3.8, 4) is 0 Å². The Morgan fingerprint density at radius 1 is 1.08 bits per heavy atom. The van der Waals surface area contributed by atoms with Crippen LogP contribution in [0, 0.1) is 11.6 Å². The maximum atomic E-state index is 13.6. The van der Waals surface area contributed by atoms with Crippen molar-refractivity contribution in [2.24, 2.45) is 0 Å². The highest BCUT2D eigenvalue weighted by Gasteiger charge is 2.25. The second-order valence-electron chi connectivity index (χ2n) is 5.11. The molecule has 0 unspecified atom stereocenters. The summed E-state index contributed by atoms with van der Waals surface area (Å²) in [6.07, 6.45) is -1.13. The zero-order valence-electron chi connectivity index (χ0n) is 12.2. The fourth-order valence-corrected chi connectivity index (χ4v) is 4.55. The summed E-state index contributed by atoms with van der Waals surface area (Å²) in [7, 11) is -4.42. The van der Waals surface area contributed by atoms with Gasteiger partial charge in [-0.15, -0.1) is 11.3 Å². The molecule has 0 aliphatic carbocycles. The molecule has 3 rings (SSSR count). The van der Waals surface area contributed by atoms with Crippen molar-refractivity contribution in [1.82, 2.24) is 4.72 Å². The zero-order valence-corrected chi connectivity index (χ0v) is 13.9. The quantitative estimate of drug-likeness (QED) is 0.726. The van der Waals surface area contributed by atoms with Crippen LogP contribution < -0.4 is 4.72 Å². The van der Waals surface area contributed by atoms with Gasteiger partial charge < -0.3 is 5.11 Å². The molecule has 1 atom stereocenters. The number of benzene rings is 2. The van der Waals surface area contributed by atoms with Crippen LogP contribution >= 0.6 is 11.3 Å². The van der Waals surface area contributed by atoms with E-state index in [1.807, 2.05) is 24.3 Å². The van der Waals surface area contributed by atoms with Crippen molar-refractivity contribution in [2.45, 2.75) is 11.0 Å². The van der Waals surface area contributed by atoms with Gasteiger partial charge in [0.15, 0.2) is 4.90 Å². The highest BCUT2D eigenvalue weighted by Crippen LogP contribution is 2.30. The largest absolute Gasteiger partial charge is 0.387 e. The van der Waals surface area contributed by atoms with Crippen LogP contribution in [0.15, 0.2) is 52.7 Å². The fraction of sp³-hybridized carbons (Fsp3) is 0.125. The van der Waals surface area contributed by atoms with Gasteiger partial charge in [-0.05, 0) is 29.0 Å². The molecule has 2 aromatic carbocycles. The first-order chi connectivity index (χ1) is 11.4. The smallest absolute Gasteiger partial charge is 0.246 e. The topological polar surface area (TPSA) is 66.4 Å². The van der Waals surface area contributed by atoms with E-state index in [1.54, 1.807) is 5.38 Å². The molecule has 0 radical (unpaired) electrons. The molecule has 0 fully saturated rings. The second-order valence-corrected chi connectivity index (χ2v) is 7.72. The highest BCUT2D eigenvalue weighted by molar-refractivity contribution is 7.89. The van der Waals surface area contributed by atoms with Crippen molar-refractivity contribution in [1.29, 1.82) is 0 Å². The van der Waals surface area contributed by atoms with Crippen LogP contribution in [-0.4, -0.2) is 20.1 Å². The predicted molar refractivity (Wildman–Crippen MR) is 88.3 cm³/mol. The summed E-state index contributed by atoms with van der Waals surface area (Å²) in [5.74, 6) is -2.36. The van der Waals surface area contributed by atoms with Crippen LogP contribution in [0.2, 0.25) is 0 Å². The summed E-state index contributed by atoms with van der Waals surface area (Å²) in [5.41, 5.74) is 0.562. The van der Waals surface area contributed by atoms with Crippen molar-refractivity contribution in [3.05, 3.63) is 65.0 Å². The molecular formula is C16H13F2NO3S2. The molecule has 0 saturated carbocycles. The molecule has 24 heavy (non-hydrogen) atoms. The van der Waals surface area contributed by atoms with Crippen molar-refractivity contribution < 1.29 is 22.3 Å². The standard InChI is InChI=1S/C16H13F2NO3S2/c17-12-5-3-6-13(18)16(12)24(21,22)19-8-14(20)11-9-23-15-7-2-1-4-10(11)15/h1-7,9,14,19-20H,8H2/t14-/m1/s1. The van der Waals surface area contributed by atoms with Gasteiger partial charge >= 0.3 is 0 Å². The lowest BCUT2D eigenvalue weighted by Crippen LogP contribution is -2.29. The van der Waals surface area contributed by atoms with E-state index in [-0.39, 0.29) is 0 Å². The van der Waals surface area contributed by atoms with Crippen molar-refractivity contribution >= 4 is 31.4 Å². The number of nitrogens with one attached hydrogen (secondary N) is 1. The Morgan fingerprint density at radius 2 is 1.75 bits per heavy atom. The lowest BCUT2D eigenvalue weighted by Gasteiger charge is -2.13. The van der Waals surface area contributed by atoms with E-state index in [9.17, 15) is 22.3 Å². The van der Waals surface area contributed by atoms with E-state index >= 15 is 0 Å². The molecule has 2 N–H and O–H groups in total. The third kappa shape index (κ3) is 3.18. The van der Waals surface area contributed by atoms with Gasteiger partial charge in [0.05, 0.1) is 6.10 Å². The number of aliphatic hydroxyl groups excluding tert-OH is 1. The third-order valence-electron chi connectivity index (χ3n) is 3.52. The summed E-state index contributed by atoms with van der Waals surface area (Å²) >= 11 is 1.42. The van der Waals surface area contributed by atoms with E-state index in [1.165, 1.54) is 11.3 Å². The predicted octanol–water partition coefficient (Wildman–Crippen LogP) is 3.19. The molecular weight excluding hydrogens is 356 g/mol. The maximum absolute atomic E-state index is 13.6. The molecule has 0 saturated heterocycles. The van der Waals surface area contributed by atoms with Crippen LogP contribution in [0.3, 0.4) is 0 Å². The van der Waals surface area contributed by atoms with E-state index < -0.39 is 39.2 Å². The van der Waals surface area contributed by atoms with E-state index in [2.05, 4.69) is 4.72 Å². The van der Waals surface area contributed by atoms with Gasteiger partial charge in [0, 0.05) is 16.8 Å². The highest BCUT2D eigenvalue weighted by atomic mass is 32.2. The van der Waals surface area contributed by atoms with Gasteiger partial charge in [0.1, 0.15) is 11.6 Å². The third-order valence-corrected chi connectivity index (χ3v) is 5.98. The lowest BCUT2D eigenvalue weighted by atomic mass is 10.1. The summed E-state index contributed by atoms with van der Waals surface area (Å²) in [6.45, 7) is -0.392. The Kier molecular flexibility index (Phi) is 4.64. The Labute approximate surface area is 141 Å². The Balaban J connectivity index is 1.82. The molecule has 0 aliphatic rings. The molecule has 0 aliphatic heterocycles. The maximum Gasteiger partial charge on any atom is 0.246 e. The average Bonchev–Trinajstić information content (AvgIpc) is 2.96. The number of aliphatic hydroxyl groups is 1. The number of hydrogen-bond acceptors (Lipinski definition) is 4. The first kappa shape index (κ1) is 17.0. The first-order valence-electron chi connectivity index (χ1n) is 6.98. The second kappa shape index (κ2) is 6.56. The SMILES string of the molecule is O=S(=O)(NC[C@@H](O)c1csc2ccccc12)c1c(F)cccc1F. The van der Waals surface area contributed by atoms with Crippen LogP contribution in [-0.2, 0) is 10.0 Å². The average molecular weight is 369 g/mol. The van der Waals surface area contributed by atoms with Crippen LogP contribution in [0.4, 0.5) is 8.78 Å². The Morgan fingerprint density at radius 3 is 2.46 bits per heavy atom. The minimum absolute atomic E-state index is 0.392. The van der Waals surface area contributed by atoms with Crippen LogP contribution in [0.25, 0.3) is 10.1 Å². The Bertz CT molecular complexity index is 966. The molecule has 1 aromatic heterocycles. The van der Waals surface area contributed by atoms with Gasteiger partial charge in [-0.2, -0.15) is 0 Å². The van der Waals surface area contributed by atoms with Crippen LogP contribution in [0.1, 0.15) is 11.7 Å². The molecule has 1 heterocycles. The zero-order chi connectivity index (χ0) is 17.3. The minimum Gasteiger partial charge on any atom is -0.387 e. The molecule has 0 bridgehead atoms. The van der Waals surface area contributed by atoms with E-state index in [4.69, 9.17) is 0 Å². The van der Waals surface area contributed by atoms with Crippen molar-refractivity contribution in [3.63, 3.8) is 0 Å². The van der Waals surface area contributed by atoms with Gasteiger partial charge in [-0.3, -0.25) is 0 Å². The first-order valence-corrected chi connectivity index (χ1v) is 9.34. The van der Waals surface area contributed by atoms with Gasteiger partial charge in [0.25, 0.3) is 0 Å². The van der Waals surface area contributed by atoms with E-state index in [0.29, 0.717) is 5.56 Å². The van der Waals surface area contributed by atoms with Crippen molar-refractivity contribution in [2.75, 3.05) is 6.54 Å². The number of thiophene rings is 1. The molecule has 0 spiro atoms. The normalized spacial score (nSPS) is 13.3. The van der Waals surface area contributed by atoms with Gasteiger partial charge in [-0.25, -0.2) is 21.9 Å². The summed E-state index contributed by atoms with van der Waals surface area (Å²) < 4.78 is 54.5. The van der Waals surface area contributed by atoms with Gasteiger partial charge in [0.2, 0.25) is 10.0 Å². The van der Waals surface area contributed by atoms with Gasteiger partial charge in [-0.1, -0.05) is 24.3 Å². The number of fused-ring (bicyclic) bond motifs is 1. The van der Waals surface area contributed by atoms with E-state index in [0.717, 1.165) is 28.3 Å². The molecule has 4 nitrogen and oxygen atoms in total. The molecule has 3 aromatic rings. The Hall–Kier alpha value is -1.87. The summed E-state index contributed by atoms with van der Waals surface area (Å²) in [4.78, 5) is -1.05. The lowest BCUT2D eigenvalue weighted by molar-refractivity contribution is 0.184. The molecule has 126 valence electrons.